The van der Waals surface area contributed by atoms with E-state index in [-0.39, 0.29) is 5.75 Å². The maximum absolute atomic E-state index is 11.6. The molecule has 1 aromatic rings. The molecule has 0 aromatic heterocycles. The fraction of sp³-hybridized carbons (Fsp3) is 0.143. The van der Waals surface area contributed by atoms with Crippen LogP contribution >= 0.6 is 33.0 Å². The average Bonchev–Trinajstić information content (AvgIpc) is 2.03. The van der Waals surface area contributed by atoms with Gasteiger partial charge in [-0.25, -0.2) is 0 Å². The van der Waals surface area contributed by atoms with Crippen molar-refractivity contribution in [3.05, 3.63) is 29.3 Å². The molecular weight excluding hydrogens is 327 g/mol. The molecule has 3 nitrogen and oxygen atoms in total. The highest BCUT2D eigenvalue weighted by Crippen LogP contribution is 2.23. The SMILES string of the molecule is FC(F)(F)Oc1ccc(Cl)cc1.O=S(=O)(Cl)Cl. The molecule has 0 fully saturated rings. The van der Waals surface area contributed by atoms with Gasteiger partial charge in [0.05, 0.1) is 0 Å². The largest absolute Gasteiger partial charge is 0.573 e. The minimum absolute atomic E-state index is 0.271. The van der Waals surface area contributed by atoms with Crippen LogP contribution in [0.15, 0.2) is 24.3 Å². The summed E-state index contributed by atoms with van der Waals surface area (Å²) in [4.78, 5) is 0. The van der Waals surface area contributed by atoms with Gasteiger partial charge in [-0.05, 0) is 24.3 Å². The molecule has 0 atom stereocenters. The van der Waals surface area contributed by atoms with E-state index in [1.54, 1.807) is 0 Å². The van der Waals surface area contributed by atoms with Crippen molar-refractivity contribution in [1.29, 1.82) is 0 Å². The van der Waals surface area contributed by atoms with Gasteiger partial charge in [0.25, 0.3) is 0 Å². The average molecular weight is 332 g/mol. The molecule has 0 aliphatic rings. The smallest absolute Gasteiger partial charge is 0.406 e. The zero-order chi connectivity index (χ0) is 13.7. The Morgan fingerprint density at radius 2 is 1.41 bits per heavy atom. The molecule has 98 valence electrons. The number of alkyl halides is 3. The lowest BCUT2D eigenvalue weighted by Crippen LogP contribution is -2.16. The third-order valence-electron chi connectivity index (χ3n) is 1.05. The zero-order valence-corrected chi connectivity index (χ0v) is 10.8. The monoisotopic (exact) mass is 330 g/mol. The third-order valence-corrected chi connectivity index (χ3v) is 1.30. The molecule has 0 saturated carbocycles. The second kappa shape index (κ2) is 6.53. The van der Waals surface area contributed by atoms with Gasteiger partial charge in [0.15, 0.2) is 0 Å². The molecule has 0 aliphatic carbocycles. The van der Waals surface area contributed by atoms with Crippen LogP contribution in [0.4, 0.5) is 13.2 Å². The molecule has 0 saturated heterocycles. The van der Waals surface area contributed by atoms with Crippen LogP contribution < -0.4 is 4.74 Å². The summed E-state index contributed by atoms with van der Waals surface area (Å²) < 4.78 is 56.7. The lowest BCUT2D eigenvalue weighted by molar-refractivity contribution is -0.274. The summed E-state index contributed by atoms with van der Waals surface area (Å²) in [6.45, 7) is 0. The Balaban J connectivity index is 0.000000437. The van der Waals surface area contributed by atoms with Gasteiger partial charge in [-0.1, -0.05) is 11.6 Å². The van der Waals surface area contributed by atoms with Crippen LogP contribution in [0.3, 0.4) is 0 Å². The standard InChI is InChI=1S/C7H4ClF3O.Cl2O2S/c8-5-1-3-6(4-2-5)12-7(9,10)11;1-5(2,3)4/h1-4H;. The third kappa shape index (κ3) is 13.6. The first kappa shape index (κ1) is 16.6. The van der Waals surface area contributed by atoms with Crippen molar-refractivity contribution in [2.75, 3.05) is 0 Å². The lowest BCUT2D eigenvalue weighted by Gasteiger charge is -2.07. The Labute approximate surface area is 109 Å². The fourth-order valence-electron chi connectivity index (χ4n) is 0.636. The van der Waals surface area contributed by atoms with Crippen LogP contribution in [0.5, 0.6) is 5.75 Å². The number of ether oxygens (including phenoxy) is 1. The first-order valence-corrected chi connectivity index (χ1v) is 7.14. The van der Waals surface area contributed by atoms with Crippen LogP contribution in [0.25, 0.3) is 0 Å². The second-order valence-electron chi connectivity index (χ2n) is 2.38. The second-order valence-corrected chi connectivity index (χ2v) is 6.48. The highest BCUT2D eigenvalue weighted by molar-refractivity contribution is 8.31. The molecule has 10 heteroatoms. The van der Waals surface area contributed by atoms with E-state index in [0.29, 0.717) is 5.02 Å². The van der Waals surface area contributed by atoms with Gasteiger partial charge in [0, 0.05) is 26.4 Å². The Bertz CT molecular complexity index is 436. The minimum atomic E-state index is -4.65. The van der Waals surface area contributed by atoms with Crippen LogP contribution in [0.1, 0.15) is 0 Å². The van der Waals surface area contributed by atoms with E-state index >= 15 is 0 Å². The summed E-state index contributed by atoms with van der Waals surface area (Å²) in [5, 5.41) is 0.365. The fourth-order valence-corrected chi connectivity index (χ4v) is 0.762. The van der Waals surface area contributed by atoms with E-state index in [1.165, 1.54) is 12.1 Å². The van der Waals surface area contributed by atoms with Crippen molar-refractivity contribution in [3.63, 3.8) is 0 Å². The topological polar surface area (TPSA) is 43.4 Å². The molecule has 1 aromatic carbocycles. The van der Waals surface area contributed by atoms with Crippen molar-refractivity contribution in [2.45, 2.75) is 6.36 Å². The van der Waals surface area contributed by atoms with Gasteiger partial charge in [0.2, 0.25) is 0 Å². The number of halogens is 6. The summed E-state index contributed by atoms with van der Waals surface area (Å²) >= 11 is 5.45. The van der Waals surface area contributed by atoms with Gasteiger partial charge >= 0.3 is 14.6 Å². The highest BCUT2D eigenvalue weighted by Gasteiger charge is 2.30. The molecule has 0 spiro atoms. The van der Waals surface area contributed by atoms with E-state index in [1.807, 2.05) is 0 Å². The van der Waals surface area contributed by atoms with E-state index < -0.39 is 14.6 Å². The molecule has 0 N–H and O–H groups in total. The van der Waals surface area contributed by atoms with E-state index in [0.717, 1.165) is 12.1 Å². The van der Waals surface area contributed by atoms with Crippen molar-refractivity contribution >= 4 is 41.2 Å². The summed E-state index contributed by atoms with van der Waals surface area (Å²) in [6, 6.07) is 4.94. The van der Waals surface area contributed by atoms with Crippen molar-refractivity contribution in [1.82, 2.24) is 0 Å². The molecule has 0 bridgehead atoms. The van der Waals surface area contributed by atoms with E-state index in [9.17, 15) is 13.2 Å². The first-order valence-electron chi connectivity index (χ1n) is 3.63. The number of benzene rings is 1. The molecule has 0 heterocycles. The summed E-state index contributed by atoms with van der Waals surface area (Å²) in [5.74, 6) is -0.271. The van der Waals surface area contributed by atoms with Crippen LogP contribution in [0, 0.1) is 0 Å². The maximum Gasteiger partial charge on any atom is 0.573 e. The zero-order valence-electron chi connectivity index (χ0n) is 7.71. The van der Waals surface area contributed by atoms with Crippen LogP contribution in [-0.4, -0.2) is 14.8 Å². The Morgan fingerprint density at radius 1 is 1.06 bits per heavy atom. The van der Waals surface area contributed by atoms with E-state index in [4.69, 9.17) is 20.0 Å². The number of hydrogen-bond acceptors (Lipinski definition) is 3. The molecule has 0 radical (unpaired) electrons. The van der Waals surface area contributed by atoms with Crippen LogP contribution in [0.2, 0.25) is 5.02 Å². The minimum Gasteiger partial charge on any atom is -0.406 e. The maximum atomic E-state index is 11.6. The van der Waals surface area contributed by atoms with Gasteiger partial charge < -0.3 is 4.74 Å². The summed E-state index contributed by atoms with van der Waals surface area (Å²) in [6.07, 6.45) is -4.65. The van der Waals surface area contributed by atoms with Gasteiger partial charge in [-0.2, -0.15) is 8.42 Å². The molecule has 0 unspecified atom stereocenters. The van der Waals surface area contributed by atoms with Crippen molar-refractivity contribution in [2.24, 2.45) is 0 Å². The van der Waals surface area contributed by atoms with Gasteiger partial charge in [-0.15, -0.1) is 13.2 Å². The van der Waals surface area contributed by atoms with E-state index in [2.05, 4.69) is 26.1 Å². The lowest BCUT2D eigenvalue weighted by atomic mass is 10.3. The summed E-state index contributed by atoms with van der Waals surface area (Å²) in [7, 11) is 4.81. The molecule has 1 rings (SSSR count). The van der Waals surface area contributed by atoms with Gasteiger partial charge in [-0.3, -0.25) is 0 Å². The molecule has 0 aliphatic heterocycles. The quantitative estimate of drug-likeness (QED) is 0.732. The molecule has 17 heavy (non-hydrogen) atoms. The van der Waals surface area contributed by atoms with Crippen LogP contribution in [-0.2, 0) is 8.26 Å². The Morgan fingerprint density at radius 3 is 1.71 bits per heavy atom. The molecule has 0 amide bonds. The summed E-state index contributed by atoms with van der Waals surface area (Å²) in [5.41, 5.74) is 0. The molecular formula is C7H4Cl3F3O3S. The normalized spacial score (nSPS) is 11.4. The predicted molar refractivity (Wildman–Crippen MR) is 58.8 cm³/mol. The predicted octanol–water partition coefficient (Wildman–Crippen LogP) is 3.95. The van der Waals surface area contributed by atoms with Gasteiger partial charge in [0.1, 0.15) is 5.75 Å². The highest BCUT2D eigenvalue weighted by atomic mass is 36.0. The number of hydrogen-bond donors (Lipinski definition) is 0. The Hall–Kier alpha value is -0.370. The number of rotatable bonds is 1. The van der Waals surface area contributed by atoms with Crippen molar-refractivity contribution in [3.8, 4) is 5.75 Å². The first-order chi connectivity index (χ1) is 7.47. The van der Waals surface area contributed by atoms with Crippen molar-refractivity contribution < 1.29 is 26.3 Å². The Kier molecular flexibility index (Phi) is 6.39.